The highest BCUT2D eigenvalue weighted by Gasteiger charge is 2.20. The number of carbonyl (C=O) groups is 1. The van der Waals surface area contributed by atoms with Crippen molar-refractivity contribution < 1.29 is 4.79 Å². The molecule has 23 heavy (non-hydrogen) atoms. The van der Waals surface area contributed by atoms with Gasteiger partial charge >= 0.3 is 5.69 Å². The van der Waals surface area contributed by atoms with E-state index in [2.05, 4.69) is 22.4 Å². The van der Waals surface area contributed by atoms with Gasteiger partial charge in [-0.1, -0.05) is 24.3 Å². The molecule has 1 atom stereocenters. The maximum absolute atomic E-state index is 12.0. The first-order valence-electron chi connectivity index (χ1n) is 7.78. The Balaban J connectivity index is 1.62. The van der Waals surface area contributed by atoms with Gasteiger partial charge in [0.25, 0.3) is 5.56 Å². The fourth-order valence-corrected chi connectivity index (χ4v) is 3.08. The second-order valence-corrected chi connectivity index (χ2v) is 5.83. The third kappa shape index (κ3) is 3.59. The number of rotatable bonds is 4. The first kappa shape index (κ1) is 15.3. The first-order valence-corrected chi connectivity index (χ1v) is 7.78. The molecule has 2 N–H and O–H groups in total. The lowest BCUT2D eigenvalue weighted by atomic mass is 9.83. The number of nitrogens with zero attached hydrogens (tertiary/aromatic N) is 1. The predicted octanol–water partition coefficient (Wildman–Crippen LogP) is 0.773. The van der Waals surface area contributed by atoms with Gasteiger partial charge in [-0.2, -0.15) is 0 Å². The van der Waals surface area contributed by atoms with Gasteiger partial charge in [-0.15, -0.1) is 0 Å². The molecule has 0 aliphatic heterocycles. The minimum atomic E-state index is -0.573. The summed E-state index contributed by atoms with van der Waals surface area (Å²) in [6.07, 6.45) is 4.59. The molecule has 3 rings (SSSR count). The Kier molecular flexibility index (Phi) is 4.41. The highest BCUT2D eigenvalue weighted by atomic mass is 16.2. The minimum Gasteiger partial charge on any atom is -0.354 e. The van der Waals surface area contributed by atoms with Gasteiger partial charge < -0.3 is 5.32 Å². The summed E-state index contributed by atoms with van der Waals surface area (Å²) in [5, 5.41) is 2.89. The zero-order valence-corrected chi connectivity index (χ0v) is 12.7. The molecule has 1 aromatic carbocycles. The van der Waals surface area contributed by atoms with E-state index >= 15 is 0 Å². The average Bonchev–Trinajstić information content (AvgIpc) is 2.55. The van der Waals surface area contributed by atoms with Crippen molar-refractivity contribution in [2.75, 3.05) is 6.54 Å². The fourth-order valence-electron chi connectivity index (χ4n) is 3.08. The number of H-pyrrole nitrogens is 1. The van der Waals surface area contributed by atoms with Crippen LogP contribution in [-0.4, -0.2) is 22.0 Å². The summed E-state index contributed by atoms with van der Waals surface area (Å²) in [5.41, 5.74) is 1.62. The van der Waals surface area contributed by atoms with E-state index < -0.39 is 11.2 Å². The highest BCUT2D eigenvalue weighted by Crippen LogP contribution is 2.30. The van der Waals surface area contributed by atoms with Crippen molar-refractivity contribution in [2.24, 2.45) is 0 Å². The maximum atomic E-state index is 12.0. The summed E-state index contributed by atoms with van der Waals surface area (Å²) in [7, 11) is 0. The Morgan fingerprint density at radius 3 is 2.91 bits per heavy atom. The van der Waals surface area contributed by atoms with Crippen LogP contribution in [0.2, 0.25) is 0 Å². The van der Waals surface area contributed by atoms with Crippen LogP contribution >= 0.6 is 0 Å². The summed E-state index contributed by atoms with van der Waals surface area (Å²) in [4.78, 5) is 36.8. The monoisotopic (exact) mass is 313 g/mol. The Hall–Kier alpha value is -2.63. The van der Waals surface area contributed by atoms with E-state index in [0.29, 0.717) is 12.5 Å². The Labute approximate surface area is 133 Å². The normalized spacial score (nSPS) is 16.6. The molecule has 1 aliphatic rings. The molecule has 6 nitrogen and oxygen atoms in total. The molecule has 0 saturated carbocycles. The molecule has 1 amide bonds. The molecule has 1 aromatic heterocycles. The zero-order chi connectivity index (χ0) is 16.2. The lowest BCUT2D eigenvalue weighted by molar-refractivity contribution is -0.121. The lowest BCUT2D eigenvalue weighted by Crippen LogP contribution is -2.37. The van der Waals surface area contributed by atoms with Crippen molar-refractivity contribution in [3.05, 3.63) is 68.5 Å². The summed E-state index contributed by atoms with van der Waals surface area (Å²) >= 11 is 0. The van der Waals surface area contributed by atoms with Crippen LogP contribution in [0.15, 0.2) is 46.1 Å². The Bertz CT molecular complexity index is 822. The van der Waals surface area contributed by atoms with Crippen LogP contribution in [0.5, 0.6) is 0 Å². The summed E-state index contributed by atoms with van der Waals surface area (Å²) < 4.78 is 1.19. The van der Waals surface area contributed by atoms with Gasteiger partial charge in [0.15, 0.2) is 0 Å². The smallest absolute Gasteiger partial charge is 0.328 e. The van der Waals surface area contributed by atoms with Crippen LogP contribution in [0, 0.1) is 0 Å². The van der Waals surface area contributed by atoms with Crippen molar-refractivity contribution in [2.45, 2.75) is 31.7 Å². The predicted molar refractivity (Wildman–Crippen MR) is 86.5 cm³/mol. The summed E-state index contributed by atoms with van der Waals surface area (Å²) in [6.45, 7) is 0.470. The average molecular weight is 313 g/mol. The van der Waals surface area contributed by atoms with Crippen LogP contribution in [0.3, 0.4) is 0 Å². The quantitative estimate of drug-likeness (QED) is 0.874. The molecule has 0 fully saturated rings. The number of fused-ring (bicyclic) bond motifs is 1. The highest BCUT2D eigenvalue weighted by molar-refractivity contribution is 5.75. The maximum Gasteiger partial charge on any atom is 0.328 e. The molecular formula is C17H19N3O3. The van der Waals surface area contributed by atoms with Crippen molar-refractivity contribution in [1.29, 1.82) is 0 Å². The number of benzene rings is 1. The number of aromatic amines is 1. The van der Waals surface area contributed by atoms with E-state index in [1.807, 2.05) is 12.1 Å². The number of aromatic nitrogens is 2. The Morgan fingerprint density at radius 2 is 2.09 bits per heavy atom. The van der Waals surface area contributed by atoms with Gasteiger partial charge in [0, 0.05) is 24.7 Å². The summed E-state index contributed by atoms with van der Waals surface area (Å²) in [5.74, 6) is 0.0819. The number of carbonyl (C=O) groups excluding carboxylic acids is 1. The van der Waals surface area contributed by atoms with Crippen LogP contribution in [0.25, 0.3) is 0 Å². The van der Waals surface area contributed by atoms with E-state index in [0.717, 1.165) is 19.3 Å². The number of hydrogen-bond acceptors (Lipinski definition) is 3. The van der Waals surface area contributed by atoms with Crippen molar-refractivity contribution in [1.82, 2.24) is 14.9 Å². The molecule has 0 bridgehead atoms. The van der Waals surface area contributed by atoms with Crippen molar-refractivity contribution in [3.8, 4) is 0 Å². The molecule has 120 valence electrons. The van der Waals surface area contributed by atoms with Crippen LogP contribution in [0.4, 0.5) is 0 Å². The third-order valence-corrected chi connectivity index (χ3v) is 4.25. The third-order valence-electron chi connectivity index (χ3n) is 4.25. The molecule has 0 radical (unpaired) electrons. The fraction of sp³-hybridized carbons (Fsp3) is 0.353. The minimum absolute atomic E-state index is 0.0933. The SMILES string of the molecule is O=C(Cn1ccc(=O)[nH]c1=O)NC[C@H]1CCCc2ccccc21. The number of aryl methyl sites for hydroxylation is 1. The molecule has 0 unspecified atom stereocenters. The number of amides is 1. The number of hydrogen-bond donors (Lipinski definition) is 2. The van der Waals surface area contributed by atoms with Gasteiger partial charge in [0.2, 0.25) is 5.91 Å². The summed E-state index contributed by atoms with van der Waals surface area (Å²) in [6, 6.07) is 9.56. The Morgan fingerprint density at radius 1 is 1.26 bits per heavy atom. The van der Waals surface area contributed by atoms with Crippen LogP contribution in [0.1, 0.15) is 29.9 Å². The molecule has 6 heteroatoms. The molecule has 0 saturated heterocycles. The molecule has 0 spiro atoms. The van der Waals surface area contributed by atoms with Gasteiger partial charge in [-0.3, -0.25) is 19.1 Å². The van der Waals surface area contributed by atoms with E-state index in [-0.39, 0.29) is 12.5 Å². The standard InChI is InChI=1S/C17H19N3O3/c21-15-8-9-20(17(23)19-15)11-16(22)18-10-13-6-3-5-12-4-1-2-7-14(12)13/h1-2,4,7-9,13H,3,5-6,10-11H2,(H,18,22)(H,19,21,23)/t13-/m1/s1. The first-order chi connectivity index (χ1) is 11.1. The van der Waals surface area contributed by atoms with Crippen molar-refractivity contribution in [3.63, 3.8) is 0 Å². The topological polar surface area (TPSA) is 84.0 Å². The molecule has 2 aromatic rings. The molecular weight excluding hydrogens is 294 g/mol. The van der Waals surface area contributed by atoms with Crippen LogP contribution < -0.4 is 16.6 Å². The van der Waals surface area contributed by atoms with Gasteiger partial charge in [-0.05, 0) is 30.4 Å². The van der Waals surface area contributed by atoms with Gasteiger partial charge in [0.05, 0.1) is 0 Å². The van der Waals surface area contributed by atoms with E-state index in [1.165, 1.54) is 28.0 Å². The number of nitrogens with one attached hydrogen (secondary N) is 2. The van der Waals surface area contributed by atoms with Gasteiger partial charge in [0.1, 0.15) is 6.54 Å². The van der Waals surface area contributed by atoms with E-state index in [4.69, 9.17) is 0 Å². The van der Waals surface area contributed by atoms with Crippen molar-refractivity contribution >= 4 is 5.91 Å². The van der Waals surface area contributed by atoms with Gasteiger partial charge in [-0.25, -0.2) is 4.79 Å². The van der Waals surface area contributed by atoms with E-state index in [9.17, 15) is 14.4 Å². The lowest BCUT2D eigenvalue weighted by Gasteiger charge is -2.25. The second kappa shape index (κ2) is 6.64. The van der Waals surface area contributed by atoms with Crippen LogP contribution in [-0.2, 0) is 17.8 Å². The molecule has 1 heterocycles. The zero-order valence-electron chi connectivity index (χ0n) is 12.7. The second-order valence-electron chi connectivity index (χ2n) is 5.83. The largest absolute Gasteiger partial charge is 0.354 e. The van der Waals surface area contributed by atoms with E-state index in [1.54, 1.807) is 0 Å². The molecule has 1 aliphatic carbocycles.